The zero-order valence-electron chi connectivity index (χ0n) is 17.2. The molecule has 0 radical (unpaired) electrons. The van der Waals surface area contributed by atoms with Gasteiger partial charge < -0.3 is 10.0 Å². The number of nitrogens with zero attached hydrogens (tertiary/aromatic N) is 2. The Bertz CT molecular complexity index is 1050. The van der Waals surface area contributed by atoms with E-state index in [4.69, 9.17) is 0 Å². The van der Waals surface area contributed by atoms with E-state index in [1.807, 2.05) is 36.9 Å². The lowest BCUT2D eigenvalue weighted by Gasteiger charge is -2.34. The third-order valence-electron chi connectivity index (χ3n) is 5.87. The van der Waals surface area contributed by atoms with Crippen molar-refractivity contribution in [1.82, 2.24) is 4.90 Å². The molecule has 0 spiro atoms. The van der Waals surface area contributed by atoms with Crippen LogP contribution in [0.25, 0.3) is 5.57 Å². The number of rotatable bonds is 4. The van der Waals surface area contributed by atoms with E-state index in [-0.39, 0.29) is 18.2 Å². The monoisotopic (exact) mass is 408 g/mol. The molecule has 1 atom stereocenters. The van der Waals surface area contributed by atoms with Gasteiger partial charge in [-0.3, -0.25) is 9.59 Å². The smallest absolute Gasteiger partial charge is 0.282 e. The number of carbonyl (C=O) groups is 2. The van der Waals surface area contributed by atoms with Crippen LogP contribution in [0, 0.1) is 25.6 Å². The number of aliphatic hydroxyl groups is 1. The summed E-state index contributed by atoms with van der Waals surface area (Å²) in [5.41, 5.74) is 3.59. The lowest BCUT2D eigenvalue weighted by atomic mass is 9.95. The fourth-order valence-corrected chi connectivity index (χ4v) is 4.42. The number of piperidine rings is 1. The summed E-state index contributed by atoms with van der Waals surface area (Å²) in [6.45, 7) is 5.08. The second-order valence-corrected chi connectivity index (χ2v) is 8.10. The van der Waals surface area contributed by atoms with E-state index in [1.54, 1.807) is 6.07 Å². The Kier molecular flexibility index (Phi) is 5.43. The van der Waals surface area contributed by atoms with Gasteiger partial charge in [-0.25, -0.2) is 9.29 Å². The van der Waals surface area contributed by atoms with E-state index in [9.17, 15) is 19.1 Å². The molecule has 1 unspecified atom stereocenters. The first-order chi connectivity index (χ1) is 14.4. The Labute approximate surface area is 175 Å². The first-order valence-corrected chi connectivity index (χ1v) is 10.2. The minimum absolute atomic E-state index is 0.0401. The first kappa shape index (κ1) is 20.3. The van der Waals surface area contributed by atoms with Crippen molar-refractivity contribution in [3.8, 4) is 0 Å². The average Bonchev–Trinajstić information content (AvgIpc) is 2.98. The third-order valence-corrected chi connectivity index (χ3v) is 5.87. The molecule has 30 heavy (non-hydrogen) atoms. The molecule has 1 fully saturated rings. The van der Waals surface area contributed by atoms with Gasteiger partial charge in [-0.15, -0.1) is 0 Å². The van der Waals surface area contributed by atoms with Gasteiger partial charge in [0, 0.05) is 19.7 Å². The highest BCUT2D eigenvalue weighted by Gasteiger charge is 2.43. The number of imide groups is 1. The highest BCUT2D eigenvalue weighted by atomic mass is 19.1. The fraction of sp³-hybridized carbons (Fsp3) is 0.333. The van der Waals surface area contributed by atoms with Crippen molar-refractivity contribution in [2.24, 2.45) is 5.92 Å². The SMILES string of the molecule is Cc1ccc(C2=C(N3CCCC(CO)C3)C(=O)N(c3cccc(F)c3)C2=O)c(C)c1. The van der Waals surface area contributed by atoms with Crippen molar-refractivity contribution in [3.63, 3.8) is 0 Å². The summed E-state index contributed by atoms with van der Waals surface area (Å²) < 4.78 is 13.9. The van der Waals surface area contributed by atoms with Crippen LogP contribution in [0.4, 0.5) is 10.1 Å². The fourth-order valence-electron chi connectivity index (χ4n) is 4.42. The van der Waals surface area contributed by atoms with Crippen molar-refractivity contribution in [2.75, 3.05) is 24.6 Å². The number of benzene rings is 2. The molecule has 0 bridgehead atoms. The molecule has 0 aliphatic carbocycles. The van der Waals surface area contributed by atoms with Crippen molar-refractivity contribution in [1.29, 1.82) is 0 Å². The maximum absolute atomic E-state index is 13.9. The molecular formula is C24H25FN2O3. The Balaban J connectivity index is 1.85. The van der Waals surface area contributed by atoms with Gasteiger partial charge in [-0.2, -0.15) is 0 Å². The van der Waals surface area contributed by atoms with E-state index in [0.29, 0.717) is 29.9 Å². The van der Waals surface area contributed by atoms with Crippen LogP contribution in [0.3, 0.4) is 0 Å². The summed E-state index contributed by atoms with van der Waals surface area (Å²) in [5.74, 6) is -1.34. The number of likely N-dealkylation sites (tertiary alicyclic amines) is 1. The maximum atomic E-state index is 13.9. The zero-order chi connectivity index (χ0) is 21.4. The molecule has 1 N–H and O–H groups in total. The normalized spacial score (nSPS) is 19.8. The van der Waals surface area contributed by atoms with E-state index >= 15 is 0 Å². The number of carbonyl (C=O) groups excluding carboxylic acids is 2. The number of amides is 2. The number of hydrogen-bond donors (Lipinski definition) is 1. The summed E-state index contributed by atoms with van der Waals surface area (Å²) >= 11 is 0. The minimum atomic E-state index is -0.507. The van der Waals surface area contributed by atoms with Gasteiger partial charge in [0.15, 0.2) is 0 Å². The number of hydrogen-bond acceptors (Lipinski definition) is 4. The van der Waals surface area contributed by atoms with E-state index in [0.717, 1.165) is 28.9 Å². The summed E-state index contributed by atoms with van der Waals surface area (Å²) in [6, 6.07) is 11.3. The summed E-state index contributed by atoms with van der Waals surface area (Å²) in [5, 5.41) is 9.64. The zero-order valence-corrected chi connectivity index (χ0v) is 17.2. The van der Waals surface area contributed by atoms with Crippen LogP contribution in [0.15, 0.2) is 48.2 Å². The van der Waals surface area contributed by atoms with Crippen molar-refractivity contribution < 1.29 is 19.1 Å². The van der Waals surface area contributed by atoms with Gasteiger partial charge in [-0.1, -0.05) is 29.8 Å². The van der Waals surface area contributed by atoms with E-state index in [2.05, 4.69) is 0 Å². The number of aliphatic hydroxyl groups excluding tert-OH is 1. The lowest BCUT2D eigenvalue weighted by Crippen LogP contribution is -2.40. The predicted octanol–water partition coefficient (Wildman–Crippen LogP) is 3.43. The predicted molar refractivity (Wildman–Crippen MR) is 113 cm³/mol. The summed E-state index contributed by atoms with van der Waals surface area (Å²) in [6.07, 6.45) is 1.71. The van der Waals surface area contributed by atoms with Gasteiger partial charge >= 0.3 is 0 Å². The molecular weight excluding hydrogens is 383 g/mol. The topological polar surface area (TPSA) is 60.9 Å². The molecule has 5 nitrogen and oxygen atoms in total. The number of halogens is 1. The standard InChI is InChI=1S/C24H25FN2O3/c1-15-8-9-20(16(2)11-15)21-22(26-10-4-5-17(13-26)14-28)24(30)27(23(21)29)19-7-3-6-18(25)12-19/h3,6-9,11-12,17,28H,4-5,10,13-14H2,1-2H3. The van der Waals surface area contributed by atoms with Crippen molar-refractivity contribution in [3.05, 3.63) is 70.7 Å². The van der Waals surface area contributed by atoms with Crippen LogP contribution in [0.2, 0.25) is 0 Å². The molecule has 2 amide bonds. The van der Waals surface area contributed by atoms with Crippen LogP contribution in [0.1, 0.15) is 29.5 Å². The van der Waals surface area contributed by atoms with Gasteiger partial charge in [0.1, 0.15) is 11.5 Å². The second-order valence-electron chi connectivity index (χ2n) is 8.10. The summed E-state index contributed by atoms with van der Waals surface area (Å²) in [7, 11) is 0. The third kappa shape index (κ3) is 3.52. The number of anilines is 1. The van der Waals surface area contributed by atoms with Crippen LogP contribution >= 0.6 is 0 Å². The molecule has 1 saturated heterocycles. The average molecular weight is 408 g/mol. The first-order valence-electron chi connectivity index (χ1n) is 10.2. The van der Waals surface area contributed by atoms with Gasteiger partial charge in [-0.05, 0) is 61.9 Å². The Morgan fingerprint density at radius 3 is 2.60 bits per heavy atom. The van der Waals surface area contributed by atoms with Crippen LogP contribution in [0.5, 0.6) is 0 Å². The highest BCUT2D eigenvalue weighted by Crippen LogP contribution is 2.37. The van der Waals surface area contributed by atoms with Crippen LogP contribution in [-0.2, 0) is 9.59 Å². The molecule has 2 heterocycles. The minimum Gasteiger partial charge on any atom is -0.396 e. The van der Waals surface area contributed by atoms with Gasteiger partial charge in [0.2, 0.25) is 0 Å². The Hall–Kier alpha value is -2.99. The Morgan fingerprint density at radius 2 is 1.90 bits per heavy atom. The van der Waals surface area contributed by atoms with E-state index < -0.39 is 17.6 Å². The molecule has 2 aliphatic rings. The largest absolute Gasteiger partial charge is 0.396 e. The van der Waals surface area contributed by atoms with Gasteiger partial charge in [0.05, 0.1) is 11.3 Å². The van der Waals surface area contributed by atoms with Crippen molar-refractivity contribution in [2.45, 2.75) is 26.7 Å². The lowest BCUT2D eigenvalue weighted by molar-refractivity contribution is -0.120. The van der Waals surface area contributed by atoms with Crippen LogP contribution in [-0.4, -0.2) is 41.5 Å². The second kappa shape index (κ2) is 8.03. The molecule has 2 aromatic rings. The summed E-state index contributed by atoms with van der Waals surface area (Å²) in [4.78, 5) is 30.0. The van der Waals surface area contributed by atoms with Gasteiger partial charge in [0.25, 0.3) is 11.8 Å². The highest BCUT2D eigenvalue weighted by molar-refractivity contribution is 6.45. The molecule has 2 aliphatic heterocycles. The van der Waals surface area contributed by atoms with Crippen LogP contribution < -0.4 is 4.90 Å². The number of aryl methyl sites for hydroxylation is 2. The Morgan fingerprint density at radius 1 is 1.10 bits per heavy atom. The molecule has 0 aromatic heterocycles. The molecule has 0 saturated carbocycles. The molecule has 6 heteroatoms. The quantitative estimate of drug-likeness (QED) is 0.788. The van der Waals surface area contributed by atoms with Crippen molar-refractivity contribution >= 4 is 23.1 Å². The molecule has 4 rings (SSSR count). The maximum Gasteiger partial charge on any atom is 0.282 e. The molecule has 2 aromatic carbocycles. The molecule has 156 valence electrons. The van der Waals surface area contributed by atoms with E-state index in [1.165, 1.54) is 18.2 Å².